The summed E-state index contributed by atoms with van der Waals surface area (Å²) in [6.45, 7) is 4.36. The molecule has 0 spiro atoms. The Morgan fingerprint density at radius 3 is 2.50 bits per heavy atom. The zero-order valence-corrected chi connectivity index (χ0v) is 11.1. The van der Waals surface area contributed by atoms with Crippen molar-refractivity contribution in [3.63, 3.8) is 0 Å². The smallest absolute Gasteiger partial charge is 0.0848 e. The van der Waals surface area contributed by atoms with Gasteiger partial charge in [0.05, 0.1) is 5.54 Å². The molecule has 0 fully saturated rings. The topological polar surface area (TPSA) is 15.6 Å². The van der Waals surface area contributed by atoms with Crippen LogP contribution in [0.1, 0.15) is 25.8 Å². The number of hydrogen-bond donors (Lipinski definition) is 0. The Hall–Kier alpha value is -1.83. The van der Waals surface area contributed by atoms with Crippen molar-refractivity contribution in [3.05, 3.63) is 48.0 Å². The van der Waals surface area contributed by atoms with Crippen molar-refractivity contribution in [1.82, 2.24) is 5.01 Å². The van der Waals surface area contributed by atoms with Crippen LogP contribution in [0.5, 0.6) is 0 Å². The molecule has 0 N–H and O–H groups in total. The lowest BCUT2D eigenvalue weighted by molar-refractivity contribution is 0.174. The summed E-state index contributed by atoms with van der Waals surface area (Å²) in [6.07, 6.45) is 1.00. The van der Waals surface area contributed by atoms with Gasteiger partial charge in [0.15, 0.2) is 0 Å². The van der Waals surface area contributed by atoms with Gasteiger partial charge in [0.2, 0.25) is 0 Å². The van der Waals surface area contributed by atoms with Gasteiger partial charge in [-0.3, -0.25) is 5.01 Å². The van der Waals surface area contributed by atoms with E-state index in [1.807, 2.05) is 0 Å². The zero-order chi connectivity index (χ0) is 12.8. The maximum absolute atomic E-state index is 4.55. The van der Waals surface area contributed by atoms with Crippen LogP contribution in [0.2, 0.25) is 0 Å². The first-order valence-corrected chi connectivity index (χ1v) is 6.37. The molecule has 2 heteroatoms. The van der Waals surface area contributed by atoms with Crippen LogP contribution < -0.4 is 0 Å². The summed E-state index contributed by atoms with van der Waals surface area (Å²) in [6, 6.07) is 15.2. The predicted octanol–water partition coefficient (Wildman–Crippen LogP) is 3.77. The van der Waals surface area contributed by atoms with Gasteiger partial charge in [-0.1, -0.05) is 36.4 Å². The minimum atomic E-state index is -0.00584. The third kappa shape index (κ3) is 1.60. The van der Waals surface area contributed by atoms with E-state index < -0.39 is 0 Å². The third-order valence-electron chi connectivity index (χ3n) is 4.01. The maximum atomic E-state index is 4.55. The molecule has 0 bridgehead atoms. The molecular formula is C16H18N2. The molecule has 2 aromatic rings. The lowest BCUT2D eigenvalue weighted by Gasteiger charge is -2.32. The Labute approximate surface area is 108 Å². The lowest BCUT2D eigenvalue weighted by Crippen LogP contribution is -2.34. The SMILES string of the molecule is CC1=NN(C)C(C)(c2ccc3ccccc3c2)C1. The van der Waals surface area contributed by atoms with Crippen LogP contribution in [0.25, 0.3) is 10.8 Å². The molecule has 1 atom stereocenters. The molecule has 0 radical (unpaired) electrons. The largest absolute Gasteiger partial charge is 0.290 e. The van der Waals surface area contributed by atoms with E-state index in [1.165, 1.54) is 22.0 Å². The van der Waals surface area contributed by atoms with Crippen molar-refractivity contribution in [1.29, 1.82) is 0 Å². The molecule has 0 aromatic heterocycles. The number of benzene rings is 2. The molecule has 3 rings (SSSR count). The Balaban J connectivity index is 2.10. The van der Waals surface area contributed by atoms with Gasteiger partial charge in [0.25, 0.3) is 0 Å². The Morgan fingerprint density at radius 1 is 1.11 bits per heavy atom. The van der Waals surface area contributed by atoms with E-state index in [1.54, 1.807) is 0 Å². The zero-order valence-electron chi connectivity index (χ0n) is 11.1. The van der Waals surface area contributed by atoms with Gasteiger partial charge in [-0.2, -0.15) is 5.10 Å². The highest BCUT2D eigenvalue weighted by atomic mass is 15.5. The minimum Gasteiger partial charge on any atom is -0.290 e. The summed E-state index contributed by atoms with van der Waals surface area (Å²) in [5, 5.41) is 9.23. The summed E-state index contributed by atoms with van der Waals surface area (Å²) < 4.78 is 0. The average Bonchev–Trinajstić information content (AvgIpc) is 2.63. The van der Waals surface area contributed by atoms with Crippen molar-refractivity contribution in [3.8, 4) is 0 Å². The van der Waals surface area contributed by atoms with Gasteiger partial charge in [-0.25, -0.2) is 0 Å². The van der Waals surface area contributed by atoms with E-state index in [-0.39, 0.29) is 5.54 Å². The van der Waals surface area contributed by atoms with Gasteiger partial charge in [-0.05, 0) is 36.2 Å². The number of rotatable bonds is 1. The summed E-state index contributed by atoms with van der Waals surface area (Å²) in [7, 11) is 2.06. The van der Waals surface area contributed by atoms with Gasteiger partial charge >= 0.3 is 0 Å². The molecule has 0 amide bonds. The summed E-state index contributed by atoms with van der Waals surface area (Å²) >= 11 is 0. The normalized spacial score (nSPS) is 23.5. The first kappa shape index (κ1) is 11.3. The molecule has 0 saturated carbocycles. The van der Waals surface area contributed by atoms with E-state index in [0.717, 1.165) is 6.42 Å². The van der Waals surface area contributed by atoms with Crippen molar-refractivity contribution in [2.24, 2.45) is 5.10 Å². The molecule has 0 saturated heterocycles. The molecule has 2 nitrogen and oxygen atoms in total. The van der Waals surface area contributed by atoms with Crippen molar-refractivity contribution in [2.75, 3.05) is 7.05 Å². The molecule has 92 valence electrons. The molecule has 18 heavy (non-hydrogen) atoms. The molecule has 1 aliphatic rings. The second-order valence-electron chi connectivity index (χ2n) is 5.37. The van der Waals surface area contributed by atoms with Crippen LogP contribution in [0.3, 0.4) is 0 Å². The van der Waals surface area contributed by atoms with Crippen molar-refractivity contribution in [2.45, 2.75) is 25.8 Å². The van der Waals surface area contributed by atoms with Gasteiger partial charge < -0.3 is 0 Å². The van der Waals surface area contributed by atoms with E-state index in [0.29, 0.717) is 0 Å². The predicted molar refractivity (Wildman–Crippen MR) is 76.8 cm³/mol. The Kier molecular flexibility index (Phi) is 2.40. The van der Waals surface area contributed by atoms with Gasteiger partial charge in [0, 0.05) is 19.2 Å². The first-order valence-electron chi connectivity index (χ1n) is 6.37. The maximum Gasteiger partial charge on any atom is 0.0848 e. The first-order chi connectivity index (χ1) is 8.59. The standard InChI is InChI=1S/C16H18N2/c1-12-11-16(2,18(3)17-12)15-9-8-13-6-4-5-7-14(13)10-15/h4-10H,11H2,1-3H3. The van der Waals surface area contributed by atoms with E-state index in [2.05, 4.69) is 73.5 Å². The van der Waals surface area contributed by atoms with Crippen LogP contribution in [0.4, 0.5) is 0 Å². The highest BCUT2D eigenvalue weighted by Gasteiger charge is 2.36. The van der Waals surface area contributed by atoms with Gasteiger partial charge in [0.1, 0.15) is 0 Å². The second-order valence-corrected chi connectivity index (χ2v) is 5.37. The fourth-order valence-electron chi connectivity index (χ4n) is 2.83. The molecule has 1 unspecified atom stereocenters. The van der Waals surface area contributed by atoms with Gasteiger partial charge in [-0.15, -0.1) is 0 Å². The number of hydrazone groups is 1. The van der Waals surface area contributed by atoms with Crippen LogP contribution in [-0.4, -0.2) is 17.8 Å². The summed E-state index contributed by atoms with van der Waals surface area (Å²) in [5.41, 5.74) is 2.53. The van der Waals surface area contributed by atoms with Crippen LogP contribution in [-0.2, 0) is 5.54 Å². The Bertz CT molecular complexity index is 630. The highest BCUT2D eigenvalue weighted by Crippen LogP contribution is 2.37. The number of hydrogen-bond acceptors (Lipinski definition) is 2. The monoisotopic (exact) mass is 238 g/mol. The molecule has 1 heterocycles. The fraction of sp³-hybridized carbons (Fsp3) is 0.312. The van der Waals surface area contributed by atoms with Crippen LogP contribution in [0, 0.1) is 0 Å². The van der Waals surface area contributed by atoms with Crippen LogP contribution in [0.15, 0.2) is 47.6 Å². The van der Waals surface area contributed by atoms with Crippen LogP contribution >= 0.6 is 0 Å². The van der Waals surface area contributed by atoms with Crippen molar-refractivity contribution >= 4 is 16.5 Å². The highest BCUT2D eigenvalue weighted by molar-refractivity contribution is 5.86. The molecule has 2 aromatic carbocycles. The van der Waals surface area contributed by atoms with E-state index in [9.17, 15) is 0 Å². The van der Waals surface area contributed by atoms with E-state index in [4.69, 9.17) is 0 Å². The average molecular weight is 238 g/mol. The summed E-state index contributed by atoms with van der Waals surface area (Å²) in [5.74, 6) is 0. The molecule has 1 aliphatic heterocycles. The summed E-state index contributed by atoms with van der Waals surface area (Å²) in [4.78, 5) is 0. The molecular weight excluding hydrogens is 220 g/mol. The van der Waals surface area contributed by atoms with E-state index >= 15 is 0 Å². The number of nitrogens with zero attached hydrogens (tertiary/aromatic N) is 2. The second kappa shape index (κ2) is 3.84. The Morgan fingerprint density at radius 2 is 1.83 bits per heavy atom. The van der Waals surface area contributed by atoms with Crippen molar-refractivity contribution < 1.29 is 0 Å². The minimum absolute atomic E-state index is 0.00584. The molecule has 0 aliphatic carbocycles. The number of fused-ring (bicyclic) bond motifs is 1. The fourth-order valence-corrected chi connectivity index (χ4v) is 2.83. The third-order valence-corrected chi connectivity index (χ3v) is 4.01. The quantitative estimate of drug-likeness (QED) is 0.738. The lowest BCUT2D eigenvalue weighted by atomic mass is 9.86.